The molecule has 0 amide bonds. The lowest BCUT2D eigenvalue weighted by Crippen LogP contribution is -2.41. The molecule has 1 aromatic rings. The van der Waals surface area contributed by atoms with Gasteiger partial charge in [0.25, 0.3) is 0 Å². The Hall–Kier alpha value is -1.47. The molecular formula is C9H14F2N3O8P. The van der Waals surface area contributed by atoms with Crippen LogP contribution in [-0.2, 0) is 9.30 Å². The van der Waals surface area contributed by atoms with E-state index in [2.05, 4.69) is 4.98 Å². The van der Waals surface area contributed by atoms with Gasteiger partial charge in [0.1, 0.15) is 11.9 Å². The van der Waals surface area contributed by atoms with Gasteiger partial charge in [-0.1, -0.05) is 0 Å². The highest BCUT2D eigenvalue weighted by molar-refractivity contribution is 7.45. The number of nitrogens with two attached hydrogens (primary N) is 1. The van der Waals surface area contributed by atoms with Gasteiger partial charge in [0, 0.05) is 6.20 Å². The maximum atomic E-state index is 13.7. The minimum atomic E-state index is -4.64. The van der Waals surface area contributed by atoms with E-state index in [1.165, 1.54) is 0 Å². The van der Waals surface area contributed by atoms with Gasteiger partial charge in [-0.2, -0.15) is 13.8 Å². The molecule has 1 saturated heterocycles. The quantitative estimate of drug-likeness (QED) is 0.315. The van der Waals surface area contributed by atoms with Crippen LogP contribution in [0, 0.1) is 0 Å². The first-order valence-electron chi connectivity index (χ1n) is 5.83. The van der Waals surface area contributed by atoms with Crippen molar-refractivity contribution in [2.75, 3.05) is 12.3 Å². The van der Waals surface area contributed by atoms with Crippen LogP contribution in [0.25, 0.3) is 0 Å². The number of aliphatic hydroxyl groups is 2. The fourth-order valence-electron chi connectivity index (χ4n) is 1.72. The summed E-state index contributed by atoms with van der Waals surface area (Å²) < 4.78 is 41.6. The van der Waals surface area contributed by atoms with Gasteiger partial charge in [-0.05, 0) is 6.07 Å². The predicted molar refractivity (Wildman–Crippen MR) is 69.1 cm³/mol. The van der Waals surface area contributed by atoms with Crippen LogP contribution in [0.15, 0.2) is 17.1 Å². The van der Waals surface area contributed by atoms with Crippen molar-refractivity contribution in [2.45, 2.75) is 24.4 Å². The molecule has 1 aliphatic heterocycles. The number of nitrogen functional groups attached to an aromatic ring is 1. The number of halogens is 2. The molecule has 3 atom stereocenters. The third kappa shape index (κ3) is 5.00. The minimum Gasteiger partial charge on any atom is -0.394 e. The van der Waals surface area contributed by atoms with E-state index in [4.69, 9.17) is 34.8 Å². The predicted octanol–water partition coefficient (Wildman–Crippen LogP) is -2.22. The highest BCUT2D eigenvalue weighted by Gasteiger charge is 2.59. The van der Waals surface area contributed by atoms with Gasteiger partial charge < -0.3 is 35.4 Å². The zero-order valence-corrected chi connectivity index (χ0v) is 12.1. The number of hydrogen-bond donors (Lipinski definition) is 6. The second-order valence-corrected chi connectivity index (χ2v) is 5.41. The van der Waals surface area contributed by atoms with Crippen LogP contribution in [0.3, 0.4) is 0 Å². The first-order valence-corrected chi connectivity index (χ1v) is 7.39. The molecule has 0 aliphatic carbocycles. The van der Waals surface area contributed by atoms with E-state index in [0.717, 1.165) is 12.3 Å². The van der Waals surface area contributed by atoms with Crippen molar-refractivity contribution in [2.24, 2.45) is 0 Å². The second kappa shape index (κ2) is 6.97. The molecular weight excluding hydrogens is 347 g/mol. The van der Waals surface area contributed by atoms with Crippen molar-refractivity contribution in [3.8, 4) is 0 Å². The van der Waals surface area contributed by atoms with Gasteiger partial charge in [-0.25, -0.2) is 9.36 Å². The molecule has 0 aromatic carbocycles. The normalized spacial score (nSPS) is 26.5. The summed E-state index contributed by atoms with van der Waals surface area (Å²) >= 11 is 0. The summed E-state index contributed by atoms with van der Waals surface area (Å²) in [6.45, 7) is -0.787. The number of nitrogens with zero attached hydrogens (tertiary/aromatic N) is 2. The zero-order chi connectivity index (χ0) is 18.0. The number of hydrogen-bond acceptors (Lipinski definition) is 7. The van der Waals surface area contributed by atoms with Crippen molar-refractivity contribution < 1.29 is 43.0 Å². The van der Waals surface area contributed by atoms with Crippen molar-refractivity contribution in [1.82, 2.24) is 9.55 Å². The van der Waals surface area contributed by atoms with Gasteiger partial charge in [-0.15, -0.1) is 0 Å². The smallest absolute Gasteiger partial charge is 0.394 e. The molecule has 1 aliphatic rings. The summed E-state index contributed by atoms with van der Waals surface area (Å²) in [6, 6.07) is 1.15. The highest BCUT2D eigenvalue weighted by atomic mass is 31.2. The second-order valence-electron chi connectivity index (χ2n) is 4.38. The molecule has 0 spiro atoms. The van der Waals surface area contributed by atoms with Crippen LogP contribution in [0.1, 0.15) is 6.23 Å². The fraction of sp³-hybridized carbons (Fsp3) is 0.556. The molecule has 23 heavy (non-hydrogen) atoms. The number of aliphatic hydroxyl groups excluding tert-OH is 2. The first-order chi connectivity index (χ1) is 10.4. The van der Waals surface area contributed by atoms with Crippen LogP contribution >= 0.6 is 7.82 Å². The Morgan fingerprint density at radius 3 is 2.35 bits per heavy atom. The van der Waals surface area contributed by atoms with Crippen molar-refractivity contribution in [3.63, 3.8) is 0 Å². The summed E-state index contributed by atoms with van der Waals surface area (Å²) in [5, 5.41) is 18.1. The van der Waals surface area contributed by atoms with Crippen LogP contribution in [-0.4, -0.2) is 59.2 Å². The Balaban J connectivity index is 0.000000463. The van der Waals surface area contributed by atoms with Crippen molar-refractivity contribution in [3.05, 3.63) is 22.7 Å². The third-order valence-corrected chi connectivity index (χ3v) is 2.66. The number of rotatable bonds is 2. The van der Waals surface area contributed by atoms with Crippen LogP contribution in [0.5, 0.6) is 0 Å². The molecule has 2 heterocycles. The van der Waals surface area contributed by atoms with Gasteiger partial charge >= 0.3 is 19.4 Å². The largest absolute Gasteiger partial charge is 0.466 e. The lowest BCUT2D eigenvalue weighted by Gasteiger charge is -2.20. The molecule has 2 rings (SSSR count). The van der Waals surface area contributed by atoms with E-state index in [0.29, 0.717) is 4.57 Å². The summed E-state index contributed by atoms with van der Waals surface area (Å²) in [7, 11) is -4.64. The monoisotopic (exact) mass is 361 g/mol. The van der Waals surface area contributed by atoms with Crippen LogP contribution in [0.2, 0.25) is 0 Å². The van der Waals surface area contributed by atoms with Crippen LogP contribution in [0.4, 0.5) is 14.6 Å². The molecule has 132 valence electrons. The van der Waals surface area contributed by atoms with Crippen molar-refractivity contribution >= 4 is 13.6 Å². The van der Waals surface area contributed by atoms with Gasteiger partial charge in [0.05, 0.1) is 6.61 Å². The van der Waals surface area contributed by atoms with Crippen LogP contribution < -0.4 is 11.4 Å². The molecule has 1 fully saturated rings. The number of ether oxygens (including phenoxy) is 1. The molecule has 1 aromatic heterocycles. The van der Waals surface area contributed by atoms with Crippen molar-refractivity contribution in [1.29, 1.82) is 0 Å². The van der Waals surface area contributed by atoms with E-state index in [1.54, 1.807) is 0 Å². The SMILES string of the molecule is Nc1ccn([C@@H]2O[C@H](CO)[C@@H](O)C2(F)F)c(=O)n1.O=P(O)(O)O. The molecule has 11 nitrogen and oxygen atoms in total. The van der Waals surface area contributed by atoms with E-state index in [9.17, 15) is 18.7 Å². The number of aromatic nitrogens is 2. The summed E-state index contributed by atoms with van der Waals surface area (Å²) in [5.74, 6) is -3.83. The number of alkyl halides is 2. The molecule has 0 radical (unpaired) electrons. The summed E-state index contributed by atoms with van der Waals surface area (Å²) in [5.41, 5.74) is 4.21. The number of phosphoric acid groups is 1. The lowest BCUT2D eigenvalue weighted by atomic mass is 10.1. The summed E-state index contributed by atoms with van der Waals surface area (Å²) in [6.07, 6.45) is -4.69. The molecule has 14 heteroatoms. The Morgan fingerprint density at radius 1 is 1.43 bits per heavy atom. The minimum absolute atomic E-state index is 0.114. The Bertz CT molecular complexity index is 642. The highest BCUT2D eigenvalue weighted by Crippen LogP contribution is 2.41. The molecule has 0 bridgehead atoms. The van der Waals surface area contributed by atoms with Gasteiger partial charge in [0.15, 0.2) is 6.10 Å². The molecule has 0 saturated carbocycles. The van der Waals surface area contributed by atoms with E-state index in [-0.39, 0.29) is 5.82 Å². The average molecular weight is 361 g/mol. The Morgan fingerprint density at radius 2 is 1.96 bits per heavy atom. The topological polar surface area (TPSA) is 188 Å². The average Bonchev–Trinajstić information content (AvgIpc) is 2.60. The van der Waals surface area contributed by atoms with Gasteiger partial charge in [-0.3, -0.25) is 4.57 Å². The lowest BCUT2D eigenvalue weighted by molar-refractivity contribution is -0.140. The number of anilines is 1. The molecule has 7 N–H and O–H groups in total. The van der Waals surface area contributed by atoms with E-state index >= 15 is 0 Å². The first kappa shape index (κ1) is 19.6. The zero-order valence-electron chi connectivity index (χ0n) is 11.2. The summed E-state index contributed by atoms with van der Waals surface area (Å²) in [4.78, 5) is 36.3. The fourth-order valence-corrected chi connectivity index (χ4v) is 1.72. The Kier molecular flexibility index (Phi) is 5.93. The van der Waals surface area contributed by atoms with E-state index < -0.39 is 44.5 Å². The maximum Gasteiger partial charge on any atom is 0.466 e. The third-order valence-electron chi connectivity index (χ3n) is 2.66. The van der Waals surface area contributed by atoms with E-state index in [1.807, 2.05) is 0 Å². The maximum absolute atomic E-state index is 13.7. The standard InChI is InChI=1S/C9H11F2N3O4.H3O4P/c10-9(11)6(16)4(3-15)18-7(9)14-2-1-5(12)13-8(14)17;1-5(2,3)4/h1-2,4,6-7,15-16H,3H2,(H2,12,13,17);(H3,1,2,3,4)/t4-,6-,7-;/m1./s1. The molecule has 0 unspecified atom stereocenters. The van der Waals surface area contributed by atoms with Gasteiger partial charge in [0.2, 0.25) is 6.23 Å². The Labute approximate surface area is 126 Å².